The van der Waals surface area contributed by atoms with E-state index in [0.717, 1.165) is 17.0 Å². The number of hydrogen-bond donors (Lipinski definition) is 3. The van der Waals surface area contributed by atoms with Crippen molar-refractivity contribution < 1.29 is 22.7 Å². The number of anilines is 3. The number of pyridine rings is 2. The van der Waals surface area contributed by atoms with Crippen molar-refractivity contribution in [3.8, 4) is 22.2 Å². The molecule has 3 heterocycles. The van der Waals surface area contributed by atoms with E-state index in [1.807, 2.05) is 19.1 Å². The first-order chi connectivity index (χ1) is 17.9. The molecular formula is C25H26N6O5S2. The summed E-state index contributed by atoms with van der Waals surface area (Å²) in [5.74, 6) is 0.826. The van der Waals surface area contributed by atoms with Gasteiger partial charge in [0.1, 0.15) is 22.9 Å². The van der Waals surface area contributed by atoms with Gasteiger partial charge in [-0.3, -0.25) is 10.3 Å². The zero-order chi connectivity index (χ0) is 27.5. The molecule has 0 spiro atoms. The molecule has 11 nitrogen and oxygen atoms in total. The maximum atomic E-state index is 12.3. The minimum atomic E-state index is -3.85. The Bertz CT molecular complexity index is 1580. The molecule has 0 bridgehead atoms. The lowest BCUT2D eigenvalue weighted by Gasteiger charge is -2.18. The van der Waals surface area contributed by atoms with Crippen LogP contribution in [0.1, 0.15) is 26.5 Å². The van der Waals surface area contributed by atoms with E-state index in [9.17, 15) is 13.2 Å². The van der Waals surface area contributed by atoms with Gasteiger partial charge in [-0.05, 0) is 64.1 Å². The Balaban J connectivity index is 1.61. The number of amides is 1. The number of thiazole rings is 1. The van der Waals surface area contributed by atoms with Gasteiger partial charge in [0, 0.05) is 23.6 Å². The molecule has 4 rings (SSSR count). The lowest BCUT2D eigenvalue weighted by molar-refractivity contribution is 0.0636. The fourth-order valence-corrected chi connectivity index (χ4v) is 4.60. The van der Waals surface area contributed by atoms with Crippen LogP contribution in [-0.2, 0) is 14.8 Å². The second kappa shape index (κ2) is 10.7. The number of nitrogens with one attached hydrogen (secondary N) is 2. The molecule has 4 N–H and O–H groups in total. The van der Waals surface area contributed by atoms with Gasteiger partial charge in [0.05, 0.1) is 10.6 Å². The predicted molar refractivity (Wildman–Crippen MR) is 145 cm³/mol. The van der Waals surface area contributed by atoms with Crippen LogP contribution in [0.3, 0.4) is 0 Å². The molecule has 0 unspecified atom stereocenters. The van der Waals surface area contributed by atoms with Crippen molar-refractivity contribution in [3.63, 3.8) is 0 Å². The smallest absolute Gasteiger partial charge is 0.413 e. The summed E-state index contributed by atoms with van der Waals surface area (Å²) in [5.41, 5.74) is 1.61. The first-order valence-electron chi connectivity index (χ1n) is 11.3. The summed E-state index contributed by atoms with van der Waals surface area (Å²) in [6, 6.07) is 14.9. The molecule has 0 aliphatic rings. The van der Waals surface area contributed by atoms with Crippen LogP contribution in [0.2, 0.25) is 0 Å². The zero-order valence-electron chi connectivity index (χ0n) is 21.1. The molecule has 4 aromatic rings. The van der Waals surface area contributed by atoms with E-state index in [2.05, 4.69) is 25.6 Å². The van der Waals surface area contributed by atoms with Crippen molar-refractivity contribution in [2.45, 2.75) is 38.2 Å². The molecule has 0 saturated heterocycles. The molecule has 3 aromatic heterocycles. The molecule has 0 aliphatic carbocycles. The van der Waals surface area contributed by atoms with E-state index in [1.165, 1.54) is 18.3 Å². The van der Waals surface area contributed by atoms with E-state index in [-0.39, 0.29) is 10.0 Å². The standard InChI is InChI=1S/C25H26N6O5S2/c1-15-7-5-10-19(28-15)21-22(37-23(30-21)31-24(32)36-25(2,3)4)35-17-11-12-27-20(14-17)29-16-8-6-9-18(13-16)38(26,33)34/h5-14H,1-4H3,(H,27,29)(H2,26,33,34)(H,30,31,32). The van der Waals surface area contributed by atoms with Crippen LogP contribution in [0, 0.1) is 6.92 Å². The van der Waals surface area contributed by atoms with Gasteiger partial charge in [-0.25, -0.2) is 28.3 Å². The summed E-state index contributed by atoms with van der Waals surface area (Å²) in [6.45, 7) is 7.17. The van der Waals surface area contributed by atoms with Gasteiger partial charge >= 0.3 is 6.09 Å². The molecule has 0 fully saturated rings. The average Bonchev–Trinajstić information content (AvgIpc) is 3.19. The average molecular weight is 555 g/mol. The number of primary sulfonamides is 1. The predicted octanol–water partition coefficient (Wildman–Crippen LogP) is 5.44. The van der Waals surface area contributed by atoms with Crippen molar-refractivity contribution in [1.82, 2.24) is 15.0 Å². The van der Waals surface area contributed by atoms with Crippen LogP contribution in [-0.4, -0.2) is 35.1 Å². The van der Waals surface area contributed by atoms with Crippen LogP contribution in [0.4, 0.5) is 21.4 Å². The highest BCUT2D eigenvalue weighted by molar-refractivity contribution is 7.89. The zero-order valence-corrected chi connectivity index (χ0v) is 22.7. The Hall–Kier alpha value is -4.07. The number of nitrogens with two attached hydrogens (primary N) is 1. The van der Waals surface area contributed by atoms with E-state index in [4.69, 9.17) is 14.6 Å². The molecule has 1 amide bonds. The maximum Gasteiger partial charge on any atom is 0.413 e. The SMILES string of the molecule is Cc1cccc(-c2nc(NC(=O)OC(C)(C)C)sc2Oc2ccnc(Nc3cccc(S(N)(=O)=O)c3)c2)n1. The second-order valence-corrected chi connectivity index (χ2v) is 11.6. The number of aryl methyl sites for hydroxylation is 1. The Labute approximate surface area is 224 Å². The van der Waals surface area contributed by atoms with Crippen LogP contribution >= 0.6 is 11.3 Å². The summed E-state index contributed by atoms with van der Waals surface area (Å²) in [6.07, 6.45) is 0.894. The third kappa shape index (κ3) is 7.25. The van der Waals surface area contributed by atoms with Gasteiger partial charge in [0.2, 0.25) is 15.1 Å². The van der Waals surface area contributed by atoms with Crippen LogP contribution in [0.25, 0.3) is 11.4 Å². The third-order valence-corrected chi connectivity index (χ3v) is 6.47. The Morgan fingerprint density at radius 1 is 1.05 bits per heavy atom. The minimum Gasteiger partial charge on any atom is -0.444 e. The third-order valence-electron chi connectivity index (χ3n) is 4.71. The molecule has 13 heteroatoms. The normalized spacial score (nSPS) is 11.6. The number of benzene rings is 1. The maximum absolute atomic E-state index is 12.3. The number of carbonyl (C=O) groups is 1. The van der Waals surface area contributed by atoms with Gasteiger partial charge < -0.3 is 14.8 Å². The molecule has 0 aliphatic heterocycles. The van der Waals surface area contributed by atoms with E-state index in [0.29, 0.717) is 33.7 Å². The largest absolute Gasteiger partial charge is 0.444 e. The molecule has 0 radical (unpaired) electrons. The highest BCUT2D eigenvalue weighted by Crippen LogP contribution is 2.40. The number of nitrogens with zero attached hydrogens (tertiary/aromatic N) is 3. The number of rotatable bonds is 7. The number of carbonyl (C=O) groups excluding carboxylic acids is 1. The first kappa shape index (κ1) is 27.0. The lowest BCUT2D eigenvalue weighted by Crippen LogP contribution is -2.27. The Morgan fingerprint density at radius 3 is 2.53 bits per heavy atom. The van der Waals surface area contributed by atoms with Crippen molar-refractivity contribution in [1.29, 1.82) is 0 Å². The molecule has 1 aromatic carbocycles. The number of hydrogen-bond acceptors (Lipinski definition) is 10. The van der Waals surface area contributed by atoms with Crippen molar-refractivity contribution in [3.05, 3.63) is 66.5 Å². The number of sulfonamides is 1. The van der Waals surface area contributed by atoms with Crippen molar-refractivity contribution >= 4 is 44.1 Å². The van der Waals surface area contributed by atoms with E-state index < -0.39 is 21.7 Å². The molecule has 198 valence electrons. The molecule has 0 saturated carbocycles. The summed E-state index contributed by atoms with van der Waals surface area (Å²) in [4.78, 5) is 25.6. The highest BCUT2D eigenvalue weighted by Gasteiger charge is 2.21. The molecular weight excluding hydrogens is 528 g/mol. The van der Waals surface area contributed by atoms with Crippen LogP contribution < -0.4 is 20.5 Å². The van der Waals surface area contributed by atoms with Gasteiger partial charge in [-0.15, -0.1) is 0 Å². The van der Waals surface area contributed by atoms with Crippen LogP contribution in [0.5, 0.6) is 10.8 Å². The second-order valence-electron chi connectivity index (χ2n) is 9.12. The summed E-state index contributed by atoms with van der Waals surface area (Å²) in [5, 5.41) is 11.6. The van der Waals surface area contributed by atoms with Gasteiger partial charge in [0.15, 0.2) is 5.13 Å². The van der Waals surface area contributed by atoms with E-state index in [1.54, 1.807) is 51.1 Å². The quantitative estimate of drug-likeness (QED) is 0.270. The van der Waals surface area contributed by atoms with Gasteiger partial charge in [-0.1, -0.05) is 23.5 Å². The fourth-order valence-electron chi connectivity index (χ4n) is 3.21. The molecule has 0 atom stereocenters. The number of ether oxygens (including phenoxy) is 2. The monoisotopic (exact) mass is 554 g/mol. The first-order valence-corrected chi connectivity index (χ1v) is 13.7. The fraction of sp³-hybridized carbons (Fsp3) is 0.200. The highest BCUT2D eigenvalue weighted by atomic mass is 32.2. The summed E-state index contributed by atoms with van der Waals surface area (Å²) in [7, 11) is -3.85. The van der Waals surface area contributed by atoms with E-state index >= 15 is 0 Å². The minimum absolute atomic E-state index is 0.0279. The summed E-state index contributed by atoms with van der Waals surface area (Å²) >= 11 is 1.12. The molecule has 38 heavy (non-hydrogen) atoms. The Morgan fingerprint density at radius 2 is 1.82 bits per heavy atom. The van der Waals surface area contributed by atoms with Gasteiger partial charge in [-0.2, -0.15) is 0 Å². The van der Waals surface area contributed by atoms with Crippen molar-refractivity contribution in [2.24, 2.45) is 5.14 Å². The number of aromatic nitrogens is 3. The summed E-state index contributed by atoms with van der Waals surface area (Å²) < 4.78 is 34.8. The van der Waals surface area contributed by atoms with Crippen LogP contribution in [0.15, 0.2) is 65.7 Å². The van der Waals surface area contributed by atoms with Crippen molar-refractivity contribution in [2.75, 3.05) is 10.6 Å². The lowest BCUT2D eigenvalue weighted by atomic mass is 10.2. The van der Waals surface area contributed by atoms with Gasteiger partial charge in [0.25, 0.3) is 0 Å². The Kier molecular flexibility index (Phi) is 7.62. The topological polar surface area (TPSA) is 158 Å².